The predicted molar refractivity (Wildman–Crippen MR) is 97.5 cm³/mol. The Balaban J connectivity index is 1.57. The van der Waals surface area contributed by atoms with Crippen LogP contribution in [-0.4, -0.2) is 24.0 Å². The second-order valence-corrected chi connectivity index (χ2v) is 6.76. The van der Waals surface area contributed by atoms with Crippen LogP contribution in [0.15, 0.2) is 42.6 Å². The first-order valence-electron chi connectivity index (χ1n) is 8.36. The summed E-state index contributed by atoms with van der Waals surface area (Å²) >= 11 is 6.04. The van der Waals surface area contributed by atoms with Crippen molar-refractivity contribution in [1.29, 1.82) is 0 Å². The van der Waals surface area contributed by atoms with Gasteiger partial charge in [-0.25, -0.2) is 4.98 Å². The summed E-state index contributed by atoms with van der Waals surface area (Å²) < 4.78 is 0. The predicted octanol–water partition coefficient (Wildman–Crippen LogP) is 3.90. The quantitative estimate of drug-likeness (QED) is 0.915. The molecule has 5 heteroatoms. The maximum Gasteiger partial charge on any atom is 0.253 e. The third-order valence-corrected chi connectivity index (χ3v) is 4.82. The molecule has 1 N–H and O–H groups in total. The third kappa shape index (κ3) is 4.06. The Bertz CT molecular complexity index is 694. The summed E-state index contributed by atoms with van der Waals surface area (Å²) in [5.41, 5.74) is 1.47. The lowest BCUT2D eigenvalue weighted by Crippen LogP contribution is -2.33. The summed E-state index contributed by atoms with van der Waals surface area (Å²) in [5, 5.41) is 3.34. The highest BCUT2D eigenvalue weighted by Gasteiger charge is 2.16. The molecule has 2 aromatic rings. The van der Waals surface area contributed by atoms with Gasteiger partial charge in [-0.15, -0.1) is 0 Å². The van der Waals surface area contributed by atoms with Crippen molar-refractivity contribution < 1.29 is 4.79 Å². The zero-order valence-corrected chi connectivity index (χ0v) is 14.6. The maximum absolute atomic E-state index is 12.2. The van der Waals surface area contributed by atoms with Gasteiger partial charge >= 0.3 is 0 Å². The van der Waals surface area contributed by atoms with Gasteiger partial charge in [-0.05, 0) is 42.5 Å². The summed E-state index contributed by atoms with van der Waals surface area (Å²) in [5.74, 6) is 1.65. The Morgan fingerprint density at radius 3 is 2.67 bits per heavy atom. The Hall–Kier alpha value is -2.07. The van der Waals surface area contributed by atoms with Crippen LogP contribution in [0.3, 0.4) is 0 Å². The van der Waals surface area contributed by atoms with E-state index in [1.807, 2.05) is 24.4 Å². The number of rotatable bonds is 4. The van der Waals surface area contributed by atoms with E-state index in [1.165, 1.54) is 12.8 Å². The summed E-state index contributed by atoms with van der Waals surface area (Å²) in [6.07, 6.45) is 4.27. The number of carbonyl (C=O) groups excluding carboxylic acids is 1. The minimum Gasteiger partial charge on any atom is -0.357 e. The van der Waals surface area contributed by atoms with E-state index in [0.29, 0.717) is 17.1 Å². The lowest BCUT2D eigenvalue weighted by atomic mass is 9.99. The molecule has 0 radical (unpaired) electrons. The number of piperidine rings is 1. The van der Waals surface area contributed by atoms with E-state index in [0.717, 1.165) is 30.4 Å². The summed E-state index contributed by atoms with van der Waals surface area (Å²) in [4.78, 5) is 19.0. The highest BCUT2D eigenvalue weighted by Crippen LogP contribution is 2.21. The molecule has 0 saturated carbocycles. The molecule has 1 aliphatic rings. The van der Waals surface area contributed by atoms with Crippen LogP contribution in [0.25, 0.3) is 0 Å². The van der Waals surface area contributed by atoms with Gasteiger partial charge in [0.25, 0.3) is 5.91 Å². The first-order chi connectivity index (χ1) is 11.6. The number of halogens is 1. The van der Waals surface area contributed by atoms with E-state index in [-0.39, 0.29) is 5.91 Å². The van der Waals surface area contributed by atoms with Gasteiger partial charge in [-0.2, -0.15) is 0 Å². The van der Waals surface area contributed by atoms with Crippen LogP contribution in [0.1, 0.15) is 35.7 Å². The molecule has 1 saturated heterocycles. The number of benzene rings is 1. The van der Waals surface area contributed by atoms with Gasteiger partial charge in [0, 0.05) is 25.8 Å². The molecular weight excluding hydrogens is 322 g/mol. The molecule has 1 fully saturated rings. The Morgan fingerprint density at radius 1 is 1.25 bits per heavy atom. The van der Waals surface area contributed by atoms with Crippen molar-refractivity contribution in [1.82, 2.24) is 10.3 Å². The van der Waals surface area contributed by atoms with Crippen molar-refractivity contribution in [2.75, 3.05) is 18.0 Å². The number of hydrogen-bond donors (Lipinski definition) is 1. The molecule has 0 spiro atoms. The van der Waals surface area contributed by atoms with Crippen LogP contribution in [0, 0.1) is 5.92 Å². The zero-order chi connectivity index (χ0) is 16.9. The largest absolute Gasteiger partial charge is 0.357 e. The van der Waals surface area contributed by atoms with Crippen LogP contribution in [0.2, 0.25) is 5.02 Å². The van der Waals surface area contributed by atoms with Crippen LogP contribution in [0.4, 0.5) is 5.82 Å². The third-order valence-electron chi connectivity index (χ3n) is 4.49. The average Bonchev–Trinajstić information content (AvgIpc) is 2.61. The van der Waals surface area contributed by atoms with Crippen molar-refractivity contribution in [3.63, 3.8) is 0 Å². The molecular formula is C19H22ClN3O. The van der Waals surface area contributed by atoms with Crippen molar-refractivity contribution in [3.8, 4) is 0 Å². The van der Waals surface area contributed by atoms with Crippen molar-refractivity contribution in [2.45, 2.75) is 26.3 Å². The Morgan fingerprint density at radius 2 is 2.00 bits per heavy atom. The zero-order valence-electron chi connectivity index (χ0n) is 13.8. The minimum atomic E-state index is -0.172. The van der Waals surface area contributed by atoms with Gasteiger partial charge in [0.05, 0.1) is 10.6 Å². The fourth-order valence-corrected chi connectivity index (χ4v) is 3.09. The fourth-order valence-electron chi connectivity index (χ4n) is 2.87. The van der Waals surface area contributed by atoms with E-state index in [2.05, 4.69) is 22.1 Å². The average molecular weight is 344 g/mol. The molecule has 126 valence electrons. The minimum absolute atomic E-state index is 0.172. The van der Waals surface area contributed by atoms with Gasteiger partial charge < -0.3 is 10.2 Å². The standard InChI is InChI=1S/C19H22ClN3O/c1-14-8-10-23(11-9-14)18-7-6-15(12-21-18)13-22-19(24)16-4-2-3-5-17(16)20/h2-7,12,14H,8-11,13H2,1H3,(H,22,24). The topological polar surface area (TPSA) is 45.2 Å². The molecule has 24 heavy (non-hydrogen) atoms. The molecule has 0 aliphatic carbocycles. The first-order valence-corrected chi connectivity index (χ1v) is 8.74. The second-order valence-electron chi connectivity index (χ2n) is 6.36. The van der Waals surface area contributed by atoms with E-state index in [1.54, 1.807) is 18.2 Å². The Kier molecular flexibility index (Phi) is 5.36. The lowest BCUT2D eigenvalue weighted by Gasteiger charge is -2.31. The molecule has 0 atom stereocenters. The molecule has 1 aromatic heterocycles. The molecule has 0 unspecified atom stereocenters. The summed E-state index contributed by atoms with van der Waals surface area (Å²) in [7, 11) is 0. The normalized spacial score (nSPS) is 15.3. The molecule has 1 aliphatic heterocycles. The van der Waals surface area contributed by atoms with E-state index < -0.39 is 0 Å². The van der Waals surface area contributed by atoms with E-state index in [9.17, 15) is 4.79 Å². The highest BCUT2D eigenvalue weighted by molar-refractivity contribution is 6.33. The van der Waals surface area contributed by atoms with Gasteiger partial charge in [0.2, 0.25) is 0 Å². The van der Waals surface area contributed by atoms with Crippen molar-refractivity contribution >= 4 is 23.3 Å². The molecule has 0 bridgehead atoms. The fraction of sp³-hybridized carbons (Fsp3) is 0.368. The summed E-state index contributed by atoms with van der Waals surface area (Å²) in [6, 6.07) is 11.1. The molecule has 1 amide bonds. The van der Waals surface area contributed by atoms with Gasteiger partial charge in [0.15, 0.2) is 0 Å². The lowest BCUT2D eigenvalue weighted by molar-refractivity contribution is 0.0951. The monoisotopic (exact) mass is 343 g/mol. The number of aromatic nitrogens is 1. The number of anilines is 1. The van der Waals surface area contributed by atoms with Crippen LogP contribution < -0.4 is 10.2 Å². The van der Waals surface area contributed by atoms with Crippen molar-refractivity contribution in [3.05, 3.63) is 58.7 Å². The van der Waals surface area contributed by atoms with Crippen LogP contribution in [-0.2, 0) is 6.54 Å². The van der Waals surface area contributed by atoms with Crippen LogP contribution >= 0.6 is 11.6 Å². The number of carbonyl (C=O) groups is 1. The number of nitrogens with zero attached hydrogens (tertiary/aromatic N) is 2. The molecule has 3 rings (SSSR count). The van der Waals surface area contributed by atoms with Gasteiger partial charge in [-0.1, -0.05) is 36.7 Å². The van der Waals surface area contributed by atoms with Gasteiger partial charge in [0.1, 0.15) is 5.82 Å². The number of nitrogens with one attached hydrogen (secondary N) is 1. The summed E-state index contributed by atoms with van der Waals surface area (Å²) in [6.45, 7) is 4.87. The van der Waals surface area contributed by atoms with Gasteiger partial charge in [-0.3, -0.25) is 4.79 Å². The number of pyridine rings is 1. The molecule has 1 aromatic carbocycles. The molecule has 2 heterocycles. The molecule has 4 nitrogen and oxygen atoms in total. The number of hydrogen-bond acceptors (Lipinski definition) is 3. The van der Waals surface area contributed by atoms with E-state index in [4.69, 9.17) is 11.6 Å². The second kappa shape index (κ2) is 7.67. The van der Waals surface area contributed by atoms with Crippen molar-refractivity contribution in [2.24, 2.45) is 5.92 Å². The first kappa shape index (κ1) is 16.8. The van der Waals surface area contributed by atoms with Crippen LogP contribution in [0.5, 0.6) is 0 Å². The smallest absolute Gasteiger partial charge is 0.253 e. The highest BCUT2D eigenvalue weighted by atomic mass is 35.5. The van der Waals surface area contributed by atoms with E-state index >= 15 is 0 Å². The Labute approximate surface area is 147 Å². The number of amides is 1. The SMILES string of the molecule is CC1CCN(c2ccc(CNC(=O)c3ccccc3Cl)cn2)CC1. The maximum atomic E-state index is 12.2.